The van der Waals surface area contributed by atoms with Gasteiger partial charge in [0.05, 0.1) is 6.61 Å². The predicted molar refractivity (Wildman–Crippen MR) is 81.0 cm³/mol. The van der Waals surface area contributed by atoms with Gasteiger partial charge in [0.2, 0.25) is 5.91 Å². The van der Waals surface area contributed by atoms with Gasteiger partial charge < -0.3 is 10.1 Å². The lowest BCUT2D eigenvalue weighted by molar-refractivity contribution is -0.140. The first kappa shape index (κ1) is 18.4. The smallest absolute Gasteiger partial charge is 0.354 e. The molecule has 0 aromatic heterocycles. The van der Waals surface area contributed by atoms with Crippen molar-refractivity contribution >= 4 is 11.9 Å². The molecule has 0 rings (SSSR count). The van der Waals surface area contributed by atoms with Gasteiger partial charge in [-0.05, 0) is 46.0 Å². The molecule has 4 heteroatoms. The largest absolute Gasteiger partial charge is 0.461 e. The van der Waals surface area contributed by atoms with E-state index in [-0.39, 0.29) is 11.6 Å². The van der Waals surface area contributed by atoms with Crippen LogP contribution in [0.4, 0.5) is 0 Å². The van der Waals surface area contributed by atoms with E-state index < -0.39 is 5.97 Å². The van der Waals surface area contributed by atoms with Gasteiger partial charge in [-0.3, -0.25) is 4.79 Å². The summed E-state index contributed by atoms with van der Waals surface area (Å²) in [5.74, 6) is -0.288. The Morgan fingerprint density at radius 1 is 1.20 bits per heavy atom. The summed E-state index contributed by atoms with van der Waals surface area (Å²) in [6, 6.07) is 0. The fraction of sp³-hybridized carbons (Fsp3) is 0.625. The van der Waals surface area contributed by atoms with Crippen molar-refractivity contribution < 1.29 is 14.3 Å². The highest BCUT2D eigenvalue weighted by molar-refractivity contribution is 5.93. The maximum Gasteiger partial charge on any atom is 0.354 e. The lowest BCUT2D eigenvalue weighted by Gasteiger charge is -2.10. The van der Waals surface area contributed by atoms with Crippen LogP contribution < -0.4 is 5.32 Å². The topological polar surface area (TPSA) is 55.4 Å². The van der Waals surface area contributed by atoms with Crippen LogP contribution in [0.3, 0.4) is 0 Å². The van der Waals surface area contributed by atoms with Crippen LogP contribution in [0.2, 0.25) is 0 Å². The van der Waals surface area contributed by atoms with Gasteiger partial charge in [0.1, 0.15) is 5.70 Å². The van der Waals surface area contributed by atoms with E-state index in [2.05, 4.69) is 32.2 Å². The van der Waals surface area contributed by atoms with Gasteiger partial charge in [-0.25, -0.2) is 4.79 Å². The molecule has 0 saturated carbocycles. The van der Waals surface area contributed by atoms with Crippen molar-refractivity contribution in [2.45, 2.75) is 53.9 Å². The minimum atomic E-state index is -0.473. The summed E-state index contributed by atoms with van der Waals surface area (Å²) < 4.78 is 4.92. The molecular weight excluding hydrogens is 254 g/mol. The average Bonchev–Trinajstić information content (AvgIpc) is 2.33. The molecule has 0 saturated heterocycles. The monoisotopic (exact) mass is 281 g/mol. The number of allylic oxidation sites excluding steroid dienone is 3. The van der Waals surface area contributed by atoms with E-state index in [0.29, 0.717) is 12.5 Å². The third kappa shape index (κ3) is 9.36. The molecule has 1 amide bonds. The molecule has 0 aromatic carbocycles. The van der Waals surface area contributed by atoms with Crippen LogP contribution in [0.15, 0.2) is 23.4 Å². The minimum Gasteiger partial charge on any atom is -0.461 e. The molecule has 0 aliphatic rings. The van der Waals surface area contributed by atoms with E-state index in [9.17, 15) is 9.59 Å². The van der Waals surface area contributed by atoms with E-state index in [1.807, 2.05) is 0 Å². The third-order valence-electron chi connectivity index (χ3n) is 2.74. The van der Waals surface area contributed by atoms with Crippen molar-refractivity contribution in [3.8, 4) is 0 Å². The first-order chi connectivity index (χ1) is 9.36. The van der Waals surface area contributed by atoms with E-state index in [1.165, 1.54) is 12.5 Å². The number of rotatable bonds is 8. The summed E-state index contributed by atoms with van der Waals surface area (Å²) in [5, 5.41) is 2.53. The average molecular weight is 281 g/mol. The molecule has 0 bridgehead atoms. The van der Waals surface area contributed by atoms with Crippen molar-refractivity contribution in [3.05, 3.63) is 23.4 Å². The molecule has 4 nitrogen and oxygen atoms in total. The number of hydrogen-bond acceptors (Lipinski definition) is 3. The zero-order valence-corrected chi connectivity index (χ0v) is 13.3. The van der Waals surface area contributed by atoms with Crippen molar-refractivity contribution in [2.75, 3.05) is 6.61 Å². The van der Waals surface area contributed by atoms with Gasteiger partial charge >= 0.3 is 5.97 Å². The van der Waals surface area contributed by atoms with Crippen molar-refractivity contribution in [3.63, 3.8) is 0 Å². The molecule has 0 radical (unpaired) electrons. The van der Waals surface area contributed by atoms with Crippen LogP contribution in [-0.4, -0.2) is 18.5 Å². The first-order valence-corrected chi connectivity index (χ1v) is 7.15. The van der Waals surface area contributed by atoms with Crippen LogP contribution in [0, 0.1) is 5.92 Å². The number of nitrogens with one attached hydrogen (secondary N) is 1. The summed E-state index contributed by atoms with van der Waals surface area (Å²) in [6.07, 6.45) is 6.79. The van der Waals surface area contributed by atoms with E-state index in [1.54, 1.807) is 13.0 Å². The predicted octanol–water partition coefficient (Wildman–Crippen LogP) is 3.34. The summed E-state index contributed by atoms with van der Waals surface area (Å²) in [4.78, 5) is 22.8. The molecular formula is C16H27NO3. The maximum atomic E-state index is 11.7. The van der Waals surface area contributed by atoms with Crippen LogP contribution in [-0.2, 0) is 14.3 Å². The van der Waals surface area contributed by atoms with E-state index in [4.69, 9.17) is 4.74 Å². The molecule has 0 spiro atoms. The van der Waals surface area contributed by atoms with Crippen LogP contribution in [0.5, 0.6) is 0 Å². The quantitative estimate of drug-likeness (QED) is 0.422. The van der Waals surface area contributed by atoms with Crippen molar-refractivity contribution in [1.82, 2.24) is 5.32 Å². The molecule has 0 heterocycles. The van der Waals surface area contributed by atoms with Gasteiger partial charge in [0, 0.05) is 6.92 Å². The molecule has 1 atom stereocenters. The lowest BCUT2D eigenvalue weighted by Crippen LogP contribution is -2.26. The molecule has 0 fully saturated rings. The Morgan fingerprint density at radius 2 is 1.85 bits per heavy atom. The number of carbonyl (C=O) groups is 2. The molecule has 20 heavy (non-hydrogen) atoms. The molecule has 114 valence electrons. The molecule has 0 aliphatic heterocycles. The second kappa shape index (κ2) is 10.2. The molecule has 1 N–H and O–H groups in total. The zero-order valence-electron chi connectivity index (χ0n) is 13.3. The van der Waals surface area contributed by atoms with Crippen LogP contribution in [0.1, 0.15) is 53.9 Å². The van der Waals surface area contributed by atoms with Crippen molar-refractivity contribution in [2.24, 2.45) is 5.92 Å². The highest BCUT2D eigenvalue weighted by Crippen LogP contribution is 2.13. The summed E-state index contributed by atoms with van der Waals surface area (Å²) in [6.45, 7) is 9.72. The normalized spacial score (nSPS) is 12.6. The Bertz CT molecular complexity index is 379. The third-order valence-corrected chi connectivity index (χ3v) is 2.74. The van der Waals surface area contributed by atoms with E-state index >= 15 is 0 Å². The van der Waals surface area contributed by atoms with Gasteiger partial charge in [-0.15, -0.1) is 0 Å². The number of esters is 1. The number of ether oxygens (including phenoxy) is 1. The number of hydrogen-bond donors (Lipinski definition) is 1. The van der Waals surface area contributed by atoms with Gasteiger partial charge in [0.15, 0.2) is 0 Å². The maximum absolute atomic E-state index is 11.7. The highest BCUT2D eigenvalue weighted by atomic mass is 16.5. The molecule has 0 unspecified atom stereocenters. The Kier molecular flexibility index (Phi) is 9.43. The van der Waals surface area contributed by atoms with Crippen LogP contribution >= 0.6 is 0 Å². The molecule has 0 aromatic rings. The first-order valence-electron chi connectivity index (χ1n) is 7.15. The summed E-state index contributed by atoms with van der Waals surface area (Å²) in [5.41, 5.74) is 1.56. The Hall–Kier alpha value is -1.58. The minimum absolute atomic E-state index is 0.244. The second-order valence-corrected chi connectivity index (χ2v) is 5.22. The number of carbonyl (C=O) groups excluding carboxylic acids is 2. The number of amides is 1. The van der Waals surface area contributed by atoms with E-state index in [0.717, 1.165) is 19.3 Å². The standard InChI is InChI=1S/C16H27NO3/c1-6-20-16(19)15(17-14(5)18)11-10-13(4)9-7-8-12(2)3/h8,11,13H,6-7,9-10H2,1-5H3,(H,17,18)/b15-11-/t13-/m1/s1. The summed E-state index contributed by atoms with van der Waals surface area (Å²) in [7, 11) is 0. The summed E-state index contributed by atoms with van der Waals surface area (Å²) >= 11 is 0. The Morgan fingerprint density at radius 3 is 2.35 bits per heavy atom. The fourth-order valence-electron chi connectivity index (χ4n) is 1.68. The fourth-order valence-corrected chi connectivity index (χ4v) is 1.68. The van der Waals surface area contributed by atoms with Crippen molar-refractivity contribution in [1.29, 1.82) is 0 Å². The lowest BCUT2D eigenvalue weighted by atomic mass is 10.0. The van der Waals surface area contributed by atoms with Gasteiger partial charge in [-0.2, -0.15) is 0 Å². The Labute approximate surface area is 122 Å². The second-order valence-electron chi connectivity index (χ2n) is 5.22. The molecule has 0 aliphatic carbocycles. The zero-order chi connectivity index (χ0) is 15.5. The van der Waals surface area contributed by atoms with Gasteiger partial charge in [0.25, 0.3) is 0 Å². The Balaban J connectivity index is 4.47. The van der Waals surface area contributed by atoms with Gasteiger partial charge in [-0.1, -0.05) is 24.6 Å². The SMILES string of the molecule is CCOC(=O)/C(=C/C[C@H](C)CCC=C(C)C)NC(C)=O. The van der Waals surface area contributed by atoms with Crippen LogP contribution in [0.25, 0.3) is 0 Å². The highest BCUT2D eigenvalue weighted by Gasteiger charge is 2.12.